The number of hydrogen-bond acceptors (Lipinski definition) is 6. The first-order valence-electron chi connectivity index (χ1n) is 30.1. The van der Waals surface area contributed by atoms with E-state index in [9.17, 15) is 14.4 Å². The van der Waals surface area contributed by atoms with Crippen LogP contribution in [0, 0.1) is 0 Å². The number of rotatable bonds is 54. The molecule has 0 spiro atoms. The Kier molecular flexibility index (Phi) is 56.3. The predicted octanol–water partition coefficient (Wildman–Crippen LogP) is 20.3. The smallest absolute Gasteiger partial charge is 0.306 e. The zero-order valence-electron chi connectivity index (χ0n) is 46.7. The van der Waals surface area contributed by atoms with E-state index in [1.165, 1.54) is 154 Å². The molecule has 0 aromatic heterocycles. The van der Waals surface area contributed by atoms with Crippen LogP contribution in [-0.2, 0) is 28.6 Å². The third-order valence-electron chi connectivity index (χ3n) is 12.9. The van der Waals surface area contributed by atoms with Crippen LogP contribution in [0.5, 0.6) is 0 Å². The molecule has 0 rings (SSSR count). The van der Waals surface area contributed by atoms with Gasteiger partial charge in [0.2, 0.25) is 0 Å². The number of carbonyl (C=O) groups is 3. The van der Waals surface area contributed by atoms with Gasteiger partial charge in [0.05, 0.1) is 0 Å². The molecular formula is C65H112O6. The van der Waals surface area contributed by atoms with E-state index in [-0.39, 0.29) is 37.5 Å². The van der Waals surface area contributed by atoms with Crippen molar-refractivity contribution in [3.05, 3.63) is 85.1 Å². The second-order valence-corrected chi connectivity index (χ2v) is 19.9. The fourth-order valence-corrected chi connectivity index (χ4v) is 8.39. The van der Waals surface area contributed by atoms with E-state index >= 15 is 0 Å². The van der Waals surface area contributed by atoms with Gasteiger partial charge >= 0.3 is 17.9 Å². The summed E-state index contributed by atoms with van der Waals surface area (Å²) in [6, 6.07) is 0. The molecule has 0 aliphatic heterocycles. The Morgan fingerprint density at radius 1 is 0.296 bits per heavy atom. The van der Waals surface area contributed by atoms with Gasteiger partial charge in [0.1, 0.15) is 13.2 Å². The molecule has 0 N–H and O–H groups in total. The van der Waals surface area contributed by atoms with Gasteiger partial charge < -0.3 is 14.2 Å². The summed E-state index contributed by atoms with van der Waals surface area (Å²) in [5.41, 5.74) is 0. The summed E-state index contributed by atoms with van der Waals surface area (Å²) in [6.07, 6.45) is 77.2. The fraction of sp³-hybridized carbons (Fsp3) is 0.738. The molecule has 0 saturated carbocycles. The van der Waals surface area contributed by atoms with Crippen molar-refractivity contribution in [2.24, 2.45) is 0 Å². The van der Waals surface area contributed by atoms with E-state index in [2.05, 4.69) is 106 Å². The molecule has 0 aromatic carbocycles. The quantitative estimate of drug-likeness (QED) is 0.0261. The number of ether oxygens (including phenoxy) is 3. The summed E-state index contributed by atoms with van der Waals surface area (Å²) in [4.78, 5) is 38.2. The van der Waals surface area contributed by atoms with Gasteiger partial charge in [-0.2, -0.15) is 0 Å². The first-order valence-corrected chi connectivity index (χ1v) is 30.1. The molecule has 0 unspecified atom stereocenters. The Bertz CT molecular complexity index is 1370. The van der Waals surface area contributed by atoms with Crippen LogP contribution in [0.25, 0.3) is 0 Å². The van der Waals surface area contributed by atoms with E-state index in [1.54, 1.807) is 0 Å². The van der Waals surface area contributed by atoms with Crippen LogP contribution in [0.4, 0.5) is 0 Å². The van der Waals surface area contributed by atoms with Crippen molar-refractivity contribution in [3.8, 4) is 0 Å². The van der Waals surface area contributed by atoms with Crippen molar-refractivity contribution in [2.45, 2.75) is 297 Å². The Morgan fingerprint density at radius 2 is 0.563 bits per heavy atom. The lowest BCUT2D eigenvalue weighted by Gasteiger charge is -2.18. The lowest BCUT2D eigenvalue weighted by atomic mass is 10.0. The minimum Gasteiger partial charge on any atom is -0.462 e. The topological polar surface area (TPSA) is 78.9 Å². The summed E-state index contributed by atoms with van der Waals surface area (Å²) in [7, 11) is 0. The van der Waals surface area contributed by atoms with Gasteiger partial charge in [-0.15, -0.1) is 0 Å². The third-order valence-corrected chi connectivity index (χ3v) is 12.9. The van der Waals surface area contributed by atoms with E-state index in [0.717, 1.165) is 89.9 Å². The van der Waals surface area contributed by atoms with Gasteiger partial charge in [-0.25, -0.2) is 0 Å². The van der Waals surface area contributed by atoms with Crippen molar-refractivity contribution in [3.63, 3.8) is 0 Å². The molecule has 0 aliphatic rings. The highest BCUT2D eigenvalue weighted by molar-refractivity contribution is 5.71. The fourth-order valence-electron chi connectivity index (χ4n) is 8.39. The molecule has 6 heteroatoms. The van der Waals surface area contributed by atoms with Gasteiger partial charge in [0.25, 0.3) is 0 Å². The first-order chi connectivity index (χ1) is 35.0. The molecule has 0 aromatic rings. The molecule has 0 fully saturated rings. The standard InChI is InChI=1S/C65H112O6/c1-4-7-10-13-16-19-22-25-28-31-32-35-38-41-44-47-50-53-56-59-65(68)71-62(60-69-63(66)57-54-51-48-45-42-39-36-33-29-26-23-20-17-14-11-8-5-2)61-70-64(67)58-55-52-49-46-43-40-37-34-30-27-24-21-18-15-12-9-6-3/h8,11,17-18,20-21,26-27,29-30,36,39,45,48,62H,4-7,9-10,12-16,19,22-25,28,31-35,37-38,40-44,46-47,49-61H2,1-3H3/b11-8-,20-17-,21-18-,29-26-,30-27-,39-36-,48-45-/t62-/m1/s1. The number of esters is 3. The largest absolute Gasteiger partial charge is 0.462 e. The Labute approximate surface area is 439 Å². The molecule has 0 amide bonds. The van der Waals surface area contributed by atoms with E-state index in [1.807, 2.05) is 0 Å². The van der Waals surface area contributed by atoms with Crippen molar-refractivity contribution in [1.29, 1.82) is 0 Å². The highest BCUT2D eigenvalue weighted by Crippen LogP contribution is 2.16. The maximum Gasteiger partial charge on any atom is 0.306 e. The molecule has 6 nitrogen and oxygen atoms in total. The van der Waals surface area contributed by atoms with Gasteiger partial charge in [-0.1, -0.05) is 266 Å². The van der Waals surface area contributed by atoms with Crippen LogP contribution < -0.4 is 0 Å². The van der Waals surface area contributed by atoms with Crippen molar-refractivity contribution in [2.75, 3.05) is 13.2 Å². The summed E-state index contributed by atoms with van der Waals surface area (Å²) in [6.45, 7) is 6.48. The second-order valence-electron chi connectivity index (χ2n) is 19.9. The normalized spacial score (nSPS) is 12.7. The summed E-state index contributed by atoms with van der Waals surface area (Å²) in [5.74, 6) is -0.953. The van der Waals surface area contributed by atoms with Crippen molar-refractivity contribution in [1.82, 2.24) is 0 Å². The zero-order valence-corrected chi connectivity index (χ0v) is 46.7. The maximum atomic E-state index is 12.9. The molecule has 1 atom stereocenters. The highest BCUT2D eigenvalue weighted by Gasteiger charge is 2.19. The minimum absolute atomic E-state index is 0.0965. The van der Waals surface area contributed by atoms with Crippen LogP contribution in [0.1, 0.15) is 290 Å². The summed E-state index contributed by atoms with van der Waals surface area (Å²) >= 11 is 0. The summed E-state index contributed by atoms with van der Waals surface area (Å²) < 4.78 is 16.9. The van der Waals surface area contributed by atoms with Gasteiger partial charge in [0, 0.05) is 19.3 Å². The molecule has 0 saturated heterocycles. The van der Waals surface area contributed by atoms with Crippen LogP contribution in [0.2, 0.25) is 0 Å². The number of hydrogen-bond donors (Lipinski definition) is 0. The van der Waals surface area contributed by atoms with Gasteiger partial charge in [-0.05, 0) is 89.9 Å². The average Bonchev–Trinajstić information content (AvgIpc) is 3.37. The summed E-state index contributed by atoms with van der Waals surface area (Å²) in [5, 5.41) is 0. The molecule has 0 bridgehead atoms. The molecule has 71 heavy (non-hydrogen) atoms. The maximum absolute atomic E-state index is 12.9. The molecule has 408 valence electrons. The Morgan fingerprint density at radius 3 is 0.944 bits per heavy atom. The Balaban J connectivity index is 4.45. The van der Waals surface area contributed by atoms with Crippen molar-refractivity contribution >= 4 is 17.9 Å². The molecular weight excluding hydrogens is 877 g/mol. The minimum atomic E-state index is -0.802. The lowest BCUT2D eigenvalue weighted by Crippen LogP contribution is -2.30. The molecule has 0 heterocycles. The number of unbranched alkanes of at least 4 members (excludes halogenated alkanes) is 29. The monoisotopic (exact) mass is 989 g/mol. The zero-order chi connectivity index (χ0) is 51.4. The molecule has 0 radical (unpaired) electrons. The van der Waals surface area contributed by atoms with E-state index in [4.69, 9.17) is 14.2 Å². The highest BCUT2D eigenvalue weighted by atomic mass is 16.6. The van der Waals surface area contributed by atoms with E-state index in [0.29, 0.717) is 19.3 Å². The average molecular weight is 990 g/mol. The van der Waals surface area contributed by atoms with Gasteiger partial charge in [0.15, 0.2) is 6.10 Å². The first kappa shape index (κ1) is 67.6. The Hall–Kier alpha value is -3.41. The van der Waals surface area contributed by atoms with Gasteiger partial charge in [-0.3, -0.25) is 14.4 Å². The SMILES string of the molecule is CC/C=C\C/C=C\C/C=C\C/C=C\C/C=C\CCCC(=O)OC[C@H](COC(=O)CCCCCCCCC/C=C\C/C=C\CCCCC)OC(=O)CCCCCCCCCCCCCCCCCCCCC. The predicted molar refractivity (Wildman–Crippen MR) is 307 cm³/mol. The lowest BCUT2D eigenvalue weighted by molar-refractivity contribution is -0.167. The third kappa shape index (κ3) is 57.4. The van der Waals surface area contributed by atoms with Crippen molar-refractivity contribution < 1.29 is 28.6 Å². The van der Waals surface area contributed by atoms with Crippen LogP contribution in [0.15, 0.2) is 85.1 Å². The number of allylic oxidation sites excluding steroid dienone is 14. The molecule has 0 aliphatic carbocycles. The number of carbonyl (C=O) groups excluding carboxylic acids is 3. The van der Waals surface area contributed by atoms with Crippen LogP contribution in [0.3, 0.4) is 0 Å². The van der Waals surface area contributed by atoms with Crippen LogP contribution >= 0.6 is 0 Å². The second kappa shape index (κ2) is 59.2. The van der Waals surface area contributed by atoms with E-state index < -0.39 is 6.10 Å². The van der Waals surface area contributed by atoms with Crippen LogP contribution in [-0.4, -0.2) is 37.2 Å².